The van der Waals surface area contributed by atoms with Crippen molar-refractivity contribution in [3.63, 3.8) is 0 Å². The summed E-state index contributed by atoms with van der Waals surface area (Å²) < 4.78 is 5.03. The molecule has 1 rings (SSSR count). The van der Waals surface area contributed by atoms with Gasteiger partial charge in [-0.15, -0.1) is 0 Å². The van der Waals surface area contributed by atoms with Gasteiger partial charge in [0, 0.05) is 13.0 Å². The molecule has 0 N–H and O–H groups in total. The van der Waals surface area contributed by atoms with E-state index in [-0.39, 0.29) is 5.69 Å². The molecule has 1 aromatic carbocycles. The van der Waals surface area contributed by atoms with Crippen molar-refractivity contribution < 1.29 is 14.5 Å². The summed E-state index contributed by atoms with van der Waals surface area (Å²) in [5, 5.41) is 14.1. The Balaban J connectivity index is 2.71. The summed E-state index contributed by atoms with van der Waals surface area (Å²) in [6, 6.07) is 5.78. The molecule has 0 aliphatic heterocycles. The third-order valence-electron chi connectivity index (χ3n) is 1.66. The minimum absolute atomic E-state index is 0.0400. The number of rotatable bonds is 4. The Bertz CT molecular complexity index is 404. The Hall–Kier alpha value is -2.11. The molecule has 0 unspecified atom stereocenters. The average molecular weight is 224 g/mol. The Morgan fingerprint density at radius 2 is 2.31 bits per heavy atom. The fourth-order valence-corrected chi connectivity index (χ4v) is 1.01. The third kappa shape index (κ3) is 3.56. The van der Waals surface area contributed by atoms with Gasteiger partial charge in [0.05, 0.1) is 17.6 Å². The summed E-state index contributed by atoms with van der Waals surface area (Å²) in [6.45, 7) is 3.96. The Morgan fingerprint density at radius 1 is 1.56 bits per heavy atom. The van der Waals surface area contributed by atoms with Crippen LogP contribution in [0.4, 0.5) is 5.69 Å². The van der Waals surface area contributed by atoms with Crippen LogP contribution < -0.4 is 4.84 Å². The van der Waals surface area contributed by atoms with E-state index in [2.05, 4.69) is 5.16 Å². The molecule has 0 atom stereocenters. The first-order chi connectivity index (χ1) is 7.63. The van der Waals surface area contributed by atoms with Crippen LogP contribution in [-0.4, -0.2) is 17.4 Å². The van der Waals surface area contributed by atoms with Crippen LogP contribution >= 0.6 is 0 Å². The predicted octanol–water partition coefficient (Wildman–Crippen LogP) is 2.34. The number of ether oxygens (including phenoxy) is 1. The highest BCUT2D eigenvalue weighted by Gasteiger charge is 2.06. The summed E-state index contributed by atoms with van der Waals surface area (Å²) in [5.74, 6) is 0.669. The van der Waals surface area contributed by atoms with E-state index in [1.165, 1.54) is 18.2 Å². The SMILES string of the molecule is CCO/C(C)=N\Oc1cccc([N+](=O)[O-])c1. The average Bonchev–Trinajstić information content (AvgIpc) is 2.27. The lowest BCUT2D eigenvalue weighted by atomic mass is 10.3. The van der Waals surface area contributed by atoms with Crippen LogP contribution in [0, 0.1) is 10.1 Å². The number of non-ortho nitro benzene ring substituents is 1. The van der Waals surface area contributed by atoms with Crippen molar-refractivity contribution >= 4 is 11.6 Å². The monoisotopic (exact) mass is 224 g/mol. The zero-order chi connectivity index (χ0) is 12.0. The first-order valence-corrected chi connectivity index (χ1v) is 4.72. The highest BCUT2D eigenvalue weighted by Crippen LogP contribution is 2.19. The second-order valence-electron chi connectivity index (χ2n) is 2.89. The highest BCUT2D eigenvalue weighted by molar-refractivity contribution is 5.72. The number of nitro groups is 1. The van der Waals surface area contributed by atoms with Gasteiger partial charge in [0.15, 0.2) is 5.75 Å². The van der Waals surface area contributed by atoms with Crippen molar-refractivity contribution in [2.45, 2.75) is 13.8 Å². The van der Waals surface area contributed by atoms with Crippen LogP contribution in [0.15, 0.2) is 29.4 Å². The van der Waals surface area contributed by atoms with Crippen molar-refractivity contribution in [1.29, 1.82) is 0 Å². The van der Waals surface area contributed by atoms with Gasteiger partial charge in [-0.3, -0.25) is 10.1 Å². The van der Waals surface area contributed by atoms with Crippen LogP contribution in [0.5, 0.6) is 5.75 Å². The smallest absolute Gasteiger partial charge is 0.273 e. The van der Waals surface area contributed by atoms with Crippen molar-refractivity contribution in [1.82, 2.24) is 0 Å². The molecule has 0 spiro atoms. The van der Waals surface area contributed by atoms with Gasteiger partial charge in [0.1, 0.15) is 0 Å². The number of oxime groups is 1. The van der Waals surface area contributed by atoms with Gasteiger partial charge in [-0.05, 0) is 18.1 Å². The molecule has 0 fully saturated rings. The van der Waals surface area contributed by atoms with Crippen LogP contribution in [0.25, 0.3) is 0 Å². The number of nitro benzene ring substituents is 1. The maximum atomic E-state index is 10.5. The molecular weight excluding hydrogens is 212 g/mol. The van der Waals surface area contributed by atoms with Crippen LogP contribution in [0.2, 0.25) is 0 Å². The van der Waals surface area contributed by atoms with E-state index in [1.807, 2.05) is 6.92 Å². The largest absolute Gasteiger partial charge is 0.479 e. The molecule has 0 saturated carbocycles. The van der Waals surface area contributed by atoms with Gasteiger partial charge in [-0.2, -0.15) is 0 Å². The fourth-order valence-electron chi connectivity index (χ4n) is 1.01. The molecular formula is C10H12N2O4. The summed E-state index contributed by atoms with van der Waals surface area (Å²) in [4.78, 5) is 15.0. The second kappa shape index (κ2) is 5.69. The number of hydrogen-bond acceptors (Lipinski definition) is 5. The van der Waals surface area contributed by atoms with E-state index >= 15 is 0 Å². The number of benzene rings is 1. The topological polar surface area (TPSA) is 74.0 Å². The lowest BCUT2D eigenvalue weighted by Crippen LogP contribution is -2.01. The molecule has 86 valence electrons. The normalized spacial score (nSPS) is 11.0. The predicted molar refractivity (Wildman–Crippen MR) is 58.5 cm³/mol. The molecule has 6 heteroatoms. The number of hydrogen-bond donors (Lipinski definition) is 0. The van der Waals surface area contributed by atoms with Gasteiger partial charge in [0.2, 0.25) is 5.90 Å². The highest BCUT2D eigenvalue weighted by atomic mass is 16.7. The summed E-state index contributed by atoms with van der Waals surface area (Å²) in [6.07, 6.45) is 0. The molecule has 0 aliphatic rings. The summed E-state index contributed by atoms with van der Waals surface area (Å²) in [7, 11) is 0. The van der Waals surface area contributed by atoms with Crippen molar-refractivity contribution in [3.8, 4) is 5.75 Å². The molecule has 0 aliphatic carbocycles. The van der Waals surface area contributed by atoms with Crippen LogP contribution in [-0.2, 0) is 4.74 Å². The Kier molecular flexibility index (Phi) is 4.26. The molecule has 0 heterocycles. The minimum atomic E-state index is -0.494. The molecule has 16 heavy (non-hydrogen) atoms. The van der Waals surface area contributed by atoms with E-state index in [4.69, 9.17) is 9.57 Å². The molecule has 0 radical (unpaired) electrons. The molecule has 0 saturated heterocycles. The Morgan fingerprint density at radius 3 is 2.94 bits per heavy atom. The molecule has 1 aromatic rings. The quantitative estimate of drug-likeness (QED) is 0.340. The van der Waals surface area contributed by atoms with Gasteiger partial charge < -0.3 is 9.57 Å². The molecule has 0 aromatic heterocycles. The van der Waals surface area contributed by atoms with Crippen molar-refractivity contribution in [2.24, 2.45) is 5.16 Å². The van der Waals surface area contributed by atoms with Gasteiger partial charge in [-0.1, -0.05) is 6.07 Å². The van der Waals surface area contributed by atoms with Gasteiger partial charge >= 0.3 is 0 Å². The lowest BCUT2D eigenvalue weighted by molar-refractivity contribution is -0.384. The van der Waals surface area contributed by atoms with E-state index in [9.17, 15) is 10.1 Å². The molecule has 0 amide bonds. The first-order valence-electron chi connectivity index (χ1n) is 4.72. The minimum Gasteiger partial charge on any atom is -0.479 e. The maximum absolute atomic E-state index is 10.5. The summed E-state index contributed by atoms with van der Waals surface area (Å²) >= 11 is 0. The number of nitrogens with zero attached hydrogens (tertiary/aromatic N) is 2. The van der Waals surface area contributed by atoms with E-state index in [1.54, 1.807) is 13.0 Å². The molecule has 0 bridgehead atoms. The van der Waals surface area contributed by atoms with E-state index < -0.39 is 4.92 Å². The summed E-state index contributed by atoms with van der Waals surface area (Å²) in [5.41, 5.74) is -0.0400. The van der Waals surface area contributed by atoms with E-state index in [0.717, 1.165) is 0 Å². The van der Waals surface area contributed by atoms with Crippen molar-refractivity contribution in [3.05, 3.63) is 34.4 Å². The lowest BCUT2D eigenvalue weighted by Gasteiger charge is -2.01. The van der Waals surface area contributed by atoms with E-state index in [0.29, 0.717) is 18.3 Å². The standard InChI is InChI=1S/C10H12N2O4/c1-3-15-8(2)11-16-10-6-4-5-9(7-10)12(13)14/h4-7H,3H2,1-2H3/b11-8-. The third-order valence-corrected chi connectivity index (χ3v) is 1.66. The maximum Gasteiger partial charge on any atom is 0.273 e. The Labute approximate surface area is 92.6 Å². The zero-order valence-electron chi connectivity index (χ0n) is 9.04. The van der Waals surface area contributed by atoms with Crippen molar-refractivity contribution in [2.75, 3.05) is 6.61 Å². The van der Waals surface area contributed by atoms with Gasteiger partial charge in [-0.25, -0.2) is 0 Å². The molecule has 6 nitrogen and oxygen atoms in total. The zero-order valence-corrected chi connectivity index (χ0v) is 9.04. The van der Waals surface area contributed by atoms with Crippen LogP contribution in [0.3, 0.4) is 0 Å². The second-order valence-corrected chi connectivity index (χ2v) is 2.89. The first kappa shape index (κ1) is 12.0. The van der Waals surface area contributed by atoms with Crippen LogP contribution in [0.1, 0.15) is 13.8 Å². The fraction of sp³-hybridized carbons (Fsp3) is 0.300. The van der Waals surface area contributed by atoms with Gasteiger partial charge in [0.25, 0.3) is 5.69 Å².